The number of hydrazine groups is 1. The fraction of sp³-hybridized carbons (Fsp3) is 1.00. The van der Waals surface area contributed by atoms with E-state index in [1.165, 1.54) is 58.4 Å². The van der Waals surface area contributed by atoms with Gasteiger partial charge in [-0.2, -0.15) is 0 Å². The quantitative estimate of drug-likeness (QED) is 0.717. The van der Waals surface area contributed by atoms with Crippen LogP contribution in [0, 0.1) is 5.92 Å². The number of unbranched alkanes of at least 4 members (excludes halogenated alkanes) is 1. The Morgan fingerprint density at radius 1 is 1.12 bits per heavy atom. The lowest BCUT2D eigenvalue weighted by Gasteiger charge is -2.33. The predicted octanol–water partition coefficient (Wildman–Crippen LogP) is 1.95. The average molecular weight is 227 g/mol. The van der Waals surface area contributed by atoms with E-state index < -0.39 is 0 Å². The molecule has 3 heteroatoms. The van der Waals surface area contributed by atoms with Crippen molar-refractivity contribution < 1.29 is 0 Å². The van der Waals surface area contributed by atoms with Crippen molar-refractivity contribution in [2.45, 2.75) is 39.5 Å². The monoisotopic (exact) mass is 227 g/mol. The SMILES string of the molecule is CCCCC(CC)CNN1CCN(C)CC1. The van der Waals surface area contributed by atoms with E-state index >= 15 is 0 Å². The molecule has 0 aromatic rings. The summed E-state index contributed by atoms with van der Waals surface area (Å²) in [4.78, 5) is 2.40. The molecule has 16 heavy (non-hydrogen) atoms. The molecule has 0 spiro atoms. The van der Waals surface area contributed by atoms with Crippen molar-refractivity contribution in [3.05, 3.63) is 0 Å². The minimum absolute atomic E-state index is 0.861. The molecule has 1 fully saturated rings. The van der Waals surface area contributed by atoms with Gasteiger partial charge in [-0.25, -0.2) is 5.01 Å². The van der Waals surface area contributed by atoms with Crippen molar-refractivity contribution in [3.8, 4) is 0 Å². The zero-order valence-corrected chi connectivity index (χ0v) is 11.3. The van der Waals surface area contributed by atoms with E-state index in [2.05, 4.69) is 36.2 Å². The van der Waals surface area contributed by atoms with Gasteiger partial charge in [-0.05, 0) is 19.4 Å². The van der Waals surface area contributed by atoms with E-state index in [4.69, 9.17) is 0 Å². The van der Waals surface area contributed by atoms with Crippen LogP contribution >= 0.6 is 0 Å². The third-order valence-electron chi connectivity index (χ3n) is 3.65. The molecule has 3 nitrogen and oxygen atoms in total. The van der Waals surface area contributed by atoms with Gasteiger partial charge in [-0.15, -0.1) is 0 Å². The normalized spacial score (nSPS) is 21.2. The highest BCUT2D eigenvalue weighted by Crippen LogP contribution is 2.11. The highest BCUT2D eigenvalue weighted by atomic mass is 15.5. The van der Waals surface area contributed by atoms with E-state index in [9.17, 15) is 0 Å². The van der Waals surface area contributed by atoms with Crippen LogP contribution in [-0.2, 0) is 0 Å². The molecule has 0 aromatic carbocycles. The van der Waals surface area contributed by atoms with E-state index in [1.54, 1.807) is 0 Å². The lowest BCUT2D eigenvalue weighted by Crippen LogP contribution is -2.51. The van der Waals surface area contributed by atoms with Gasteiger partial charge in [0, 0.05) is 32.7 Å². The van der Waals surface area contributed by atoms with E-state index in [0.717, 1.165) is 5.92 Å². The first-order chi connectivity index (χ1) is 7.76. The van der Waals surface area contributed by atoms with Crippen molar-refractivity contribution in [2.24, 2.45) is 5.92 Å². The Morgan fingerprint density at radius 3 is 2.38 bits per heavy atom. The Bertz CT molecular complexity index is 160. The Labute approximate surface area is 101 Å². The molecule has 96 valence electrons. The van der Waals surface area contributed by atoms with Crippen LogP contribution in [0.15, 0.2) is 0 Å². The Balaban J connectivity index is 2.11. The fourth-order valence-electron chi connectivity index (χ4n) is 2.17. The highest BCUT2D eigenvalue weighted by Gasteiger charge is 2.14. The van der Waals surface area contributed by atoms with Crippen LogP contribution in [0.1, 0.15) is 39.5 Å². The van der Waals surface area contributed by atoms with Crippen LogP contribution in [0.2, 0.25) is 0 Å². The first-order valence-corrected chi connectivity index (χ1v) is 6.93. The molecule has 1 atom stereocenters. The summed E-state index contributed by atoms with van der Waals surface area (Å²) in [6, 6.07) is 0. The molecule has 1 saturated heterocycles. The van der Waals surface area contributed by atoms with Crippen LogP contribution in [0.25, 0.3) is 0 Å². The number of rotatable bonds is 7. The van der Waals surface area contributed by atoms with Crippen LogP contribution in [-0.4, -0.2) is 49.7 Å². The van der Waals surface area contributed by atoms with Crippen molar-refractivity contribution in [1.82, 2.24) is 15.3 Å². The molecule has 0 amide bonds. The number of likely N-dealkylation sites (N-methyl/N-ethyl adjacent to an activating group) is 1. The molecule has 1 unspecified atom stereocenters. The van der Waals surface area contributed by atoms with Gasteiger partial charge in [-0.1, -0.05) is 33.1 Å². The number of hydrogen-bond acceptors (Lipinski definition) is 3. The molecule has 1 aliphatic rings. The van der Waals surface area contributed by atoms with Gasteiger partial charge in [0.25, 0.3) is 0 Å². The lowest BCUT2D eigenvalue weighted by molar-refractivity contribution is 0.0964. The summed E-state index contributed by atoms with van der Waals surface area (Å²) >= 11 is 0. The summed E-state index contributed by atoms with van der Waals surface area (Å²) in [5, 5.41) is 2.40. The highest BCUT2D eigenvalue weighted by molar-refractivity contribution is 4.67. The molecule has 1 N–H and O–H groups in total. The second kappa shape index (κ2) is 8.04. The zero-order chi connectivity index (χ0) is 11.8. The number of nitrogens with one attached hydrogen (secondary N) is 1. The van der Waals surface area contributed by atoms with Gasteiger partial charge >= 0.3 is 0 Å². The summed E-state index contributed by atoms with van der Waals surface area (Å²) in [6.45, 7) is 10.5. The van der Waals surface area contributed by atoms with E-state index in [1.807, 2.05) is 0 Å². The number of piperazine rings is 1. The van der Waals surface area contributed by atoms with Crippen LogP contribution in [0.5, 0.6) is 0 Å². The molecule has 0 saturated carbocycles. The maximum atomic E-state index is 3.61. The van der Waals surface area contributed by atoms with E-state index in [-0.39, 0.29) is 0 Å². The first-order valence-electron chi connectivity index (χ1n) is 6.93. The van der Waals surface area contributed by atoms with Crippen LogP contribution in [0.3, 0.4) is 0 Å². The summed E-state index contributed by atoms with van der Waals surface area (Å²) in [5.41, 5.74) is 3.61. The maximum absolute atomic E-state index is 3.61. The summed E-state index contributed by atoms with van der Waals surface area (Å²) in [7, 11) is 2.20. The molecule has 1 aliphatic heterocycles. The summed E-state index contributed by atoms with van der Waals surface area (Å²) < 4.78 is 0. The average Bonchev–Trinajstić information content (AvgIpc) is 2.32. The van der Waals surface area contributed by atoms with Crippen LogP contribution in [0.4, 0.5) is 0 Å². The van der Waals surface area contributed by atoms with Crippen molar-refractivity contribution in [3.63, 3.8) is 0 Å². The van der Waals surface area contributed by atoms with Gasteiger partial charge < -0.3 is 4.90 Å². The Morgan fingerprint density at radius 2 is 1.81 bits per heavy atom. The molecule has 1 rings (SSSR count). The van der Waals surface area contributed by atoms with Gasteiger partial charge in [0.15, 0.2) is 0 Å². The topological polar surface area (TPSA) is 18.5 Å². The maximum Gasteiger partial charge on any atom is 0.0259 e. The second-order valence-electron chi connectivity index (χ2n) is 5.07. The van der Waals surface area contributed by atoms with Gasteiger partial charge in [0.2, 0.25) is 0 Å². The second-order valence-corrected chi connectivity index (χ2v) is 5.07. The number of hydrogen-bond donors (Lipinski definition) is 1. The predicted molar refractivity (Wildman–Crippen MR) is 70.4 cm³/mol. The molecular formula is C13H29N3. The first kappa shape index (κ1) is 13.9. The largest absolute Gasteiger partial charge is 0.304 e. The standard InChI is InChI=1S/C13H29N3/c1-4-6-7-13(5-2)12-14-16-10-8-15(3)9-11-16/h13-14H,4-12H2,1-3H3. The lowest BCUT2D eigenvalue weighted by atomic mass is 10.00. The number of nitrogens with zero attached hydrogens (tertiary/aromatic N) is 2. The van der Waals surface area contributed by atoms with E-state index in [0.29, 0.717) is 0 Å². The van der Waals surface area contributed by atoms with Crippen molar-refractivity contribution >= 4 is 0 Å². The third kappa shape index (κ3) is 5.28. The molecule has 0 aromatic heterocycles. The van der Waals surface area contributed by atoms with Gasteiger partial charge in [0.05, 0.1) is 0 Å². The smallest absolute Gasteiger partial charge is 0.0259 e. The van der Waals surface area contributed by atoms with Gasteiger partial charge in [-0.3, -0.25) is 5.43 Å². The summed E-state index contributed by atoms with van der Waals surface area (Å²) in [5.74, 6) is 0.861. The minimum Gasteiger partial charge on any atom is -0.304 e. The van der Waals surface area contributed by atoms with Crippen molar-refractivity contribution in [2.75, 3.05) is 39.8 Å². The molecule has 1 heterocycles. The summed E-state index contributed by atoms with van der Waals surface area (Å²) in [6.07, 6.45) is 5.39. The van der Waals surface area contributed by atoms with Crippen LogP contribution < -0.4 is 5.43 Å². The Kier molecular flexibility index (Phi) is 7.01. The molecular weight excluding hydrogens is 198 g/mol. The van der Waals surface area contributed by atoms with Crippen molar-refractivity contribution in [1.29, 1.82) is 0 Å². The third-order valence-corrected chi connectivity index (χ3v) is 3.65. The Hall–Kier alpha value is -0.120. The zero-order valence-electron chi connectivity index (χ0n) is 11.3. The molecule has 0 aliphatic carbocycles. The molecule has 0 bridgehead atoms. The van der Waals surface area contributed by atoms with Gasteiger partial charge in [0.1, 0.15) is 0 Å². The molecule has 0 radical (unpaired) electrons. The fourth-order valence-corrected chi connectivity index (χ4v) is 2.17. The minimum atomic E-state index is 0.861.